The molecular formula is C56H33N5. The van der Waals surface area contributed by atoms with E-state index < -0.39 is 0 Å². The van der Waals surface area contributed by atoms with E-state index in [0.29, 0.717) is 22.5 Å². The minimum atomic E-state index is 0.469. The monoisotopic (exact) mass is 775 g/mol. The minimum absolute atomic E-state index is 0.469. The Morgan fingerprint density at radius 3 is 1.52 bits per heavy atom. The molecule has 0 amide bonds. The molecule has 0 spiro atoms. The molecule has 0 aliphatic carbocycles. The predicted molar refractivity (Wildman–Crippen MR) is 252 cm³/mol. The first kappa shape index (κ1) is 34.4. The number of fused-ring (bicyclic) bond motifs is 13. The minimum Gasteiger partial charge on any atom is -0.310 e. The molecule has 0 saturated heterocycles. The number of nitrogens with zero attached hydrogens (tertiary/aromatic N) is 5. The van der Waals surface area contributed by atoms with Gasteiger partial charge < -0.3 is 14.0 Å². The summed E-state index contributed by atoms with van der Waals surface area (Å²) < 4.78 is 4.38. The maximum absolute atomic E-state index is 11.2. The van der Waals surface area contributed by atoms with Gasteiger partial charge in [0.1, 0.15) is 12.1 Å². The second-order valence-corrected chi connectivity index (χ2v) is 15.5. The van der Waals surface area contributed by atoms with Gasteiger partial charge in [-0.2, -0.15) is 10.5 Å². The van der Waals surface area contributed by atoms with Crippen LogP contribution in [0.5, 0.6) is 0 Å². The number of nitriles is 2. The van der Waals surface area contributed by atoms with Gasteiger partial charge in [-0.25, -0.2) is 0 Å². The molecule has 5 nitrogen and oxygen atoms in total. The van der Waals surface area contributed by atoms with Crippen molar-refractivity contribution in [2.75, 3.05) is 4.90 Å². The SMILES string of the molecule is N#Cc1cc(-n2c3ccccc3c3c4ccccc4c4ccccc4c32)c(C#N)cc1-n1c2ccc(N(c3ccccc3)c3ccccc3)cc2c2c3ccccc3ccc21. The Hall–Kier alpha value is -8.64. The highest BCUT2D eigenvalue weighted by Gasteiger charge is 2.24. The van der Waals surface area contributed by atoms with Crippen molar-refractivity contribution in [2.45, 2.75) is 0 Å². The second kappa shape index (κ2) is 13.5. The normalized spacial score (nSPS) is 11.6. The third-order valence-electron chi connectivity index (χ3n) is 12.3. The Kier molecular flexibility index (Phi) is 7.59. The summed E-state index contributed by atoms with van der Waals surface area (Å²) in [7, 11) is 0. The van der Waals surface area contributed by atoms with Crippen LogP contribution in [0, 0.1) is 22.7 Å². The van der Waals surface area contributed by atoms with Gasteiger partial charge in [0.2, 0.25) is 0 Å². The summed E-state index contributed by atoms with van der Waals surface area (Å²) in [4.78, 5) is 2.27. The smallest absolute Gasteiger partial charge is 0.101 e. The van der Waals surface area contributed by atoms with Crippen molar-refractivity contribution in [3.63, 3.8) is 0 Å². The summed E-state index contributed by atoms with van der Waals surface area (Å²) in [5.41, 5.74) is 9.27. The van der Waals surface area contributed by atoms with Gasteiger partial charge in [0.25, 0.3) is 0 Å². The van der Waals surface area contributed by atoms with E-state index in [1.54, 1.807) is 0 Å². The average Bonchev–Trinajstić information content (AvgIpc) is 3.85. The molecule has 2 aromatic heterocycles. The third-order valence-corrected chi connectivity index (χ3v) is 12.3. The highest BCUT2D eigenvalue weighted by molar-refractivity contribution is 6.32. The lowest BCUT2D eigenvalue weighted by Crippen LogP contribution is -2.09. The highest BCUT2D eigenvalue weighted by atomic mass is 15.1. The molecule has 0 unspecified atom stereocenters. The van der Waals surface area contributed by atoms with Gasteiger partial charge in [0, 0.05) is 44.0 Å². The second-order valence-electron chi connectivity index (χ2n) is 15.5. The van der Waals surface area contributed by atoms with Crippen LogP contribution in [0.4, 0.5) is 17.1 Å². The highest BCUT2D eigenvalue weighted by Crippen LogP contribution is 2.45. The standard InChI is InChI=1S/C56H33N5/c57-34-37-32-53(61-49-26-14-13-25-47(49)55-45-23-11-9-21-43(45)44-22-10-12-24-46(44)56(55)61)38(35-58)31-52(37)60-50-30-28-41(59(39-16-3-1-4-17-39)40-18-5-2-6-19-40)33-48(50)54-42-20-8-7-15-36(42)27-29-51(54)60/h1-33H. The van der Waals surface area contributed by atoms with Crippen LogP contribution in [-0.2, 0) is 0 Å². The lowest BCUT2D eigenvalue weighted by Gasteiger charge is -2.25. The first-order chi connectivity index (χ1) is 30.2. The fourth-order valence-electron chi connectivity index (χ4n) is 9.78. The molecule has 12 rings (SSSR count). The van der Waals surface area contributed by atoms with Crippen molar-refractivity contribution in [1.29, 1.82) is 10.5 Å². The lowest BCUT2D eigenvalue weighted by atomic mass is 9.97. The van der Waals surface area contributed by atoms with Gasteiger partial charge in [-0.05, 0) is 93.7 Å². The van der Waals surface area contributed by atoms with Crippen LogP contribution in [0.25, 0.3) is 87.3 Å². The van der Waals surface area contributed by atoms with Crippen molar-refractivity contribution in [2.24, 2.45) is 0 Å². The predicted octanol–water partition coefficient (Wildman–Crippen LogP) is 14.6. The fourth-order valence-corrected chi connectivity index (χ4v) is 9.78. The Labute approximate surface area is 351 Å². The van der Waals surface area contributed by atoms with E-state index >= 15 is 0 Å². The number of aromatic nitrogens is 2. The molecule has 12 aromatic rings. The zero-order valence-electron chi connectivity index (χ0n) is 32.8. The summed E-state index contributed by atoms with van der Waals surface area (Å²) in [6.07, 6.45) is 0. The molecule has 61 heavy (non-hydrogen) atoms. The van der Waals surface area contributed by atoms with Gasteiger partial charge in [0.15, 0.2) is 0 Å². The fraction of sp³-hybridized carbons (Fsp3) is 0. The summed E-state index contributed by atoms with van der Waals surface area (Å²) in [5.74, 6) is 0. The van der Waals surface area contributed by atoms with E-state index in [1.165, 1.54) is 5.39 Å². The van der Waals surface area contributed by atoms with Gasteiger partial charge in [-0.3, -0.25) is 0 Å². The molecule has 0 saturated carbocycles. The summed E-state index contributed by atoms with van der Waals surface area (Å²) in [6.45, 7) is 0. The largest absolute Gasteiger partial charge is 0.310 e. The topological polar surface area (TPSA) is 60.7 Å². The van der Waals surface area contributed by atoms with Gasteiger partial charge in [-0.15, -0.1) is 0 Å². The number of para-hydroxylation sites is 3. The van der Waals surface area contributed by atoms with E-state index in [1.807, 2.05) is 30.3 Å². The number of anilines is 3. The maximum atomic E-state index is 11.2. The third kappa shape index (κ3) is 5.05. The van der Waals surface area contributed by atoms with E-state index in [-0.39, 0.29) is 0 Å². The lowest BCUT2D eigenvalue weighted by molar-refractivity contribution is 1.13. The van der Waals surface area contributed by atoms with Gasteiger partial charge in [-0.1, -0.05) is 133 Å². The Morgan fingerprint density at radius 1 is 0.344 bits per heavy atom. The van der Waals surface area contributed by atoms with Gasteiger partial charge in [0.05, 0.1) is 44.6 Å². The molecule has 0 aliphatic heterocycles. The Morgan fingerprint density at radius 2 is 0.852 bits per heavy atom. The van der Waals surface area contributed by atoms with Crippen LogP contribution >= 0.6 is 0 Å². The van der Waals surface area contributed by atoms with Crippen LogP contribution in [0.3, 0.4) is 0 Å². The average molecular weight is 776 g/mol. The van der Waals surface area contributed by atoms with Crippen LogP contribution < -0.4 is 4.90 Å². The van der Waals surface area contributed by atoms with Crippen LogP contribution in [0.15, 0.2) is 200 Å². The van der Waals surface area contributed by atoms with Crippen molar-refractivity contribution in [3.05, 3.63) is 211 Å². The molecule has 0 bridgehead atoms. The molecule has 0 radical (unpaired) electrons. The van der Waals surface area contributed by atoms with E-state index in [4.69, 9.17) is 0 Å². The molecular weight excluding hydrogens is 743 g/mol. The molecule has 0 atom stereocenters. The summed E-state index contributed by atoms with van der Waals surface area (Å²) >= 11 is 0. The van der Waals surface area contributed by atoms with Crippen molar-refractivity contribution < 1.29 is 0 Å². The quantitative estimate of drug-likeness (QED) is 0.164. The number of hydrogen-bond donors (Lipinski definition) is 0. The van der Waals surface area contributed by atoms with Crippen LogP contribution in [-0.4, -0.2) is 9.13 Å². The molecule has 0 fully saturated rings. The van der Waals surface area contributed by atoms with Crippen molar-refractivity contribution >= 4 is 93.0 Å². The Balaban J connectivity index is 1.16. The molecule has 0 aliphatic rings. The van der Waals surface area contributed by atoms with E-state index in [9.17, 15) is 10.5 Å². The van der Waals surface area contributed by atoms with Crippen LogP contribution in [0.2, 0.25) is 0 Å². The van der Waals surface area contributed by atoms with Gasteiger partial charge >= 0.3 is 0 Å². The summed E-state index contributed by atoms with van der Waals surface area (Å²) in [6, 6.07) is 74.6. The molecule has 282 valence electrons. The Bertz CT molecular complexity index is 3800. The van der Waals surface area contributed by atoms with E-state index in [2.05, 4.69) is 196 Å². The molecule has 0 N–H and O–H groups in total. The number of hydrogen-bond acceptors (Lipinski definition) is 3. The maximum Gasteiger partial charge on any atom is 0.101 e. The summed E-state index contributed by atoms with van der Waals surface area (Å²) in [5, 5.41) is 33.5. The number of rotatable bonds is 5. The first-order valence-corrected chi connectivity index (χ1v) is 20.4. The first-order valence-electron chi connectivity index (χ1n) is 20.4. The molecule has 2 heterocycles. The zero-order chi connectivity index (χ0) is 40.6. The van der Waals surface area contributed by atoms with E-state index in [0.717, 1.165) is 87.6 Å². The molecule has 5 heteroatoms. The van der Waals surface area contributed by atoms with Crippen molar-refractivity contribution in [3.8, 4) is 23.5 Å². The zero-order valence-corrected chi connectivity index (χ0v) is 32.8. The number of benzene rings is 10. The van der Waals surface area contributed by atoms with Crippen LogP contribution in [0.1, 0.15) is 11.1 Å². The molecule has 10 aromatic carbocycles. The van der Waals surface area contributed by atoms with Crippen molar-refractivity contribution in [1.82, 2.24) is 9.13 Å².